The monoisotopic (exact) mass is 484 g/mol. The maximum atomic E-state index is 12.7. The minimum atomic E-state index is 0.0413. The Morgan fingerprint density at radius 1 is 0.939 bits per heavy atom. The molecule has 0 spiro atoms. The summed E-state index contributed by atoms with van der Waals surface area (Å²) < 4.78 is 0. The fourth-order valence-electron chi connectivity index (χ4n) is 4.55. The summed E-state index contributed by atoms with van der Waals surface area (Å²) in [6.45, 7) is 6.11. The number of fused-ring (bicyclic) bond motifs is 1. The third kappa shape index (κ3) is 6.23. The van der Waals surface area contributed by atoms with Crippen molar-refractivity contribution < 1.29 is 4.79 Å². The Morgan fingerprint density at radius 3 is 2.39 bits per heavy atom. The SMILES string of the molecule is Cc1ccc(Cl)c(Cl)c1.O=C(c1ccc2cccnc2n1)N1CCC(N2CCCCC2)CC1. The van der Waals surface area contributed by atoms with Crippen molar-refractivity contribution in [1.82, 2.24) is 19.8 Å². The maximum Gasteiger partial charge on any atom is 0.272 e. The average molecular weight is 485 g/mol. The first kappa shape index (κ1) is 23.9. The summed E-state index contributed by atoms with van der Waals surface area (Å²) in [5.41, 5.74) is 2.29. The van der Waals surface area contributed by atoms with E-state index in [2.05, 4.69) is 14.9 Å². The van der Waals surface area contributed by atoms with Gasteiger partial charge in [-0.2, -0.15) is 0 Å². The Hall–Kier alpha value is -2.21. The summed E-state index contributed by atoms with van der Waals surface area (Å²) in [6.07, 6.45) is 7.90. The van der Waals surface area contributed by atoms with Crippen LogP contribution in [0.2, 0.25) is 10.0 Å². The highest BCUT2D eigenvalue weighted by Crippen LogP contribution is 2.23. The number of nitrogens with zero attached hydrogens (tertiary/aromatic N) is 4. The van der Waals surface area contributed by atoms with E-state index < -0.39 is 0 Å². The van der Waals surface area contributed by atoms with E-state index in [1.54, 1.807) is 12.3 Å². The van der Waals surface area contributed by atoms with E-state index >= 15 is 0 Å². The van der Waals surface area contributed by atoms with Crippen LogP contribution in [0, 0.1) is 6.92 Å². The number of aryl methyl sites for hydroxylation is 1. The van der Waals surface area contributed by atoms with Crippen LogP contribution < -0.4 is 0 Å². The van der Waals surface area contributed by atoms with E-state index in [1.807, 2.05) is 48.2 Å². The lowest BCUT2D eigenvalue weighted by Crippen LogP contribution is -2.48. The lowest BCUT2D eigenvalue weighted by atomic mass is 9.99. The number of pyridine rings is 2. The number of aromatic nitrogens is 2. The molecule has 0 bridgehead atoms. The third-order valence-corrected chi connectivity index (χ3v) is 7.16. The number of rotatable bonds is 2. The Morgan fingerprint density at radius 2 is 1.70 bits per heavy atom. The molecule has 2 aliphatic rings. The Labute approximate surface area is 205 Å². The van der Waals surface area contributed by atoms with Crippen LogP contribution in [-0.2, 0) is 0 Å². The van der Waals surface area contributed by atoms with Crippen molar-refractivity contribution in [3.05, 3.63) is 70.0 Å². The van der Waals surface area contributed by atoms with E-state index in [0.717, 1.165) is 36.9 Å². The maximum absolute atomic E-state index is 12.7. The molecule has 0 radical (unpaired) electrons. The quantitative estimate of drug-likeness (QED) is 0.445. The zero-order valence-electron chi connectivity index (χ0n) is 19.0. The molecule has 5 rings (SSSR count). The molecule has 0 saturated carbocycles. The normalized spacial score (nSPS) is 17.5. The molecule has 0 aliphatic carbocycles. The molecule has 1 amide bonds. The van der Waals surface area contributed by atoms with Gasteiger partial charge in [-0.1, -0.05) is 35.7 Å². The predicted molar refractivity (Wildman–Crippen MR) is 135 cm³/mol. The largest absolute Gasteiger partial charge is 0.337 e. The summed E-state index contributed by atoms with van der Waals surface area (Å²) in [4.78, 5) is 26.0. The summed E-state index contributed by atoms with van der Waals surface area (Å²) >= 11 is 11.3. The minimum Gasteiger partial charge on any atom is -0.337 e. The van der Waals surface area contributed by atoms with Crippen LogP contribution in [0.3, 0.4) is 0 Å². The van der Waals surface area contributed by atoms with E-state index in [4.69, 9.17) is 23.2 Å². The van der Waals surface area contributed by atoms with Gasteiger partial charge in [0.1, 0.15) is 5.69 Å². The van der Waals surface area contributed by atoms with Crippen LogP contribution in [-0.4, -0.2) is 57.9 Å². The van der Waals surface area contributed by atoms with Crippen LogP contribution in [0.25, 0.3) is 11.0 Å². The molecule has 5 nitrogen and oxygen atoms in total. The average Bonchev–Trinajstić information content (AvgIpc) is 2.87. The van der Waals surface area contributed by atoms with Gasteiger partial charge < -0.3 is 9.80 Å². The zero-order valence-corrected chi connectivity index (χ0v) is 20.5. The first-order chi connectivity index (χ1) is 16.0. The van der Waals surface area contributed by atoms with E-state index in [9.17, 15) is 4.79 Å². The molecule has 1 aromatic carbocycles. The highest BCUT2D eigenvalue weighted by molar-refractivity contribution is 6.42. The van der Waals surface area contributed by atoms with Crippen molar-refractivity contribution in [3.63, 3.8) is 0 Å². The second-order valence-corrected chi connectivity index (χ2v) is 9.60. The predicted octanol–water partition coefficient (Wildman–Crippen LogP) is 6.02. The molecule has 7 heteroatoms. The van der Waals surface area contributed by atoms with Crippen LogP contribution in [0.5, 0.6) is 0 Å². The molecule has 2 aromatic heterocycles. The number of benzene rings is 1. The Balaban J connectivity index is 0.000000243. The molecule has 3 aromatic rings. The molecule has 4 heterocycles. The smallest absolute Gasteiger partial charge is 0.272 e. The molecule has 0 unspecified atom stereocenters. The van der Waals surface area contributed by atoms with Gasteiger partial charge in [-0.3, -0.25) is 4.79 Å². The Kier molecular flexibility index (Phi) is 8.18. The topological polar surface area (TPSA) is 49.3 Å². The van der Waals surface area contributed by atoms with Gasteiger partial charge in [0.2, 0.25) is 0 Å². The van der Waals surface area contributed by atoms with Crippen LogP contribution in [0.1, 0.15) is 48.2 Å². The van der Waals surface area contributed by atoms with Crippen molar-refractivity contribution in [3.8, 4) is 0 Å². The number of likely N-dealkylation sites (tertiary alicyclic amines) is 2. The number of hydrogen-bond donors (Lipinski definition) is 0. The van der Waals surface area contributed by atoms with Crippen molar-refractivity contribution in [2.75, 3.05) is 26.2 Å². The van der Waals surface area contributed by atoms with Gasteiger partial charge in [0, 0.05) is 30.7 Å². The number of amides is 1. The standard InChI is InChI=1S/C19H24N4O.C7H6Cl2/c24-19(17-7-6-15-5-4-10-20-18(15)21-17)23-13-8-16(9-14-23)22-11-2-1-3-12-22;1-5-2-3-6(8)7(9)4-5/h4-7,10,16H,1-3,8-9,11-14H2;2-4H,1H3. The molecule has 33 heavy (non-hydrogen) atoms. The van der Waals surface area contributed by atoms with Gasteiger partial charge in [-0.15, -0.1) is 0 Å². The summed E-state index contributed by atoms with van der Waals surface area (Å²) in [6, 6.07) is 13.8. The zero-order chi connectivity index (χ0) is 23.2. The number of carbonyl (C=O) groups is 1. The lowest BCUT2D eigenvalue weighted by Gasteiger charge is -2.40. The van der Waals surface area contributed by atoms with Gasteiger partial charge >= 0.3 is 0 Å². The molecule has 2 aliphatic heterocycles. The Bertz CT molecular complexity index is 1090. The van der Waals surface area contributed by atoms with Crippen LogP contribution in [0.4, 0.5) is 0 Å². The van der Waals surface area contributed by atoms with Crippen molar-refractivity contribution in [2.24, 2.45) is 0 Å². The number of piperidine rings is 2. The fraction of sp³-hybridized carbons (Fsp3) is 0.423. The number of hydrogen-bond acceptors (Lipinski definition) is 4. The van der Waals surface area contributed by atoms with Crippen molar-refractivity contribution in [1.29, 1.82) is 0 Å². The summed E-state index contributed by atoms with van der Waals surface area (Å²) in [5.74, 6) is 0.0413. The van der Waals surface area contributed by atoms with Crippen molar-refractivity contribution in [2.45, 2.75) is 45.1 Å². The first-order valence-electron chi connectivity index (χ1n) is 11.7. The van der Waals surface area contributed by atoms with Crippen molar-refractivity contribution >= 4 is 40.1 Å². The lowest BCUT2D eigenvalue weighted by molar-refractivity contribution is 0.0585. The first-order valence-corrected chi connectivity index (χ1v) is 12.4. The molecule has 0 N–H and O–H groups in total. The second kappa shape index (κ2) is 11.3. The molecule has 2 fully saturated rings. The molecule has 174 valence electrons. The molecule has 0 atom stereocenters. The number of carbonyl (C=O) groups excluding carboxylic acids is 1. The van der Waals surface area contributed by atoms with Gasteiger partial charge in [0.25, 0.3) is 5.91 Å². The fourth-order valence-corrected chi connectivity index (χ4v) is 4.91. The highest BCUT2D eigenvalue weighted by Gasteiger charge is 2.28. The van der Waals surface area contributed by atoms with Gasteiger partial charge in [0.05, 0.1) is 10.0 Å². The number of halogens is 2. The van der Waals surface area contributed by atoms with Gasteiger partial charge in [-0.05, 0) is 87.7 Å². The summed E-state index contributed by atoms with van der Waals surface area (Å²) in [7, 11) is 0. The van der Waals surface area contributed by atoms with Crippen LogP contribution >= 0.6 is 23.2 Å². The van der Waals surface area contributed by atoms with Gasteiger partial charge in [0.15, 0.2) is 5.65 Å². The molecular formula is C26H30Cl2N4O. The van der Waals surface area contributed by atoms with E-state index in [0.29, 0.717) is 27.4 Å². The van der Waals surface area contributed by atoms with Gasteiger partial charge in [-0.25, -0.2) is 9.97 Å². The summed E-state index contributed by atoms with van der Waals surface area (Å²) in [5, 5.41) is 2.21. The minimum absolute atomic E-state index is 0.0413. The van der Waals surface area contributed by atoms with E-state index in [-0.39, 0.29) is 5.91 Å². The highest BCUT2D eigenvalue weighted by atomic mass is 35.5. The van der Waals surface area contributed by atoms with Crippen LogP contribution in [0.15, 0.2) is 48.7 Å². The molecule has 2 saturated heterocycles. The third-order valence-electron chi connectivity index (χ3n) is 6.42. The molecular weight excluding hydrogens is 455 g/mol. The van der Waals surface area contributed by atoms with E-state index in [1.165, 1.54) is 32.4 Å². The second-order valence-electron chi connectivity index (χ2n) is 8.78.